The van der Waals surface area contributed by atoms with Crippen molar-refractivity contribution in [2.24, 2.45) is 0 Å². The first-order valence-electron chi connectivity index (χ1n) is 9.16. The van der Waals surface area contributed by atoms with E-state index in [1.54, 1.807) is 18.2 Å². The summed E-state index contributed by atoms with van der Waals surface area (Å²) in [5.41, 5.74) is 1.42. The first kappa shape index (κ1) is 19.5. The molecule has 0 atom stereocenters. The minimum absolute atomic E-state index is 0.00962. The van der Waals surface area contributed by atoms with Crippen molar-refractivity contribution in [1.82, 2.24) is 15.3 Å². The Morgan fingerprint density at radius 1 is 1.14 bits per heavy atom. The van der Waals surface area contributed by atoms with Crippen molar-refractivity contribution >= 4 is 16.9 Å². The molecule has 0 aliphatic carbocycles. The number of amides is 1. The number of nitrogens with zero attached hydrogens (tertiary/aromatic N) is 2. The van der Waals surface area contributed by atoms with Crippen LogP contribution in [0.25, 0.3) is 11.0 Å². The number of fused-ring (bicyclic) bond motifs is 1. The standard InChI is InChI=1S/C21H23N3O4/c1-12(2)27-16-6-5-15-10-17(21(26)28-18(15)11-16)20(25)22-8-7-19-23-13(3)9-14(4)24-19/h5-6,9-12H,7-8H2,1-4H3,(H,22,25). The molecule has 146 valence electrons. The zero-order valence-corrected chi connectivity index (χ0v) is 16.4. The Balaban J connectivity index is 1.72. The molecule has 0 saturated heterocycles. The van der Waals surface area contributed by atoms with Crippen molar-refractivity contribution in [2.75, 3.05) is 6.54 Å². The number of benzene rings is 1. The lowest BCUT2D eigenvalue weighted by molar-refractivity contribution is 0.0950. The Morgan fingerprint density at radius 2 is 1.86 bits per heavy atom. The van der Waals surface area contributed by atoms with Gasteiger partial charge in [0.2, 0.25) is 0 Å². The van der Waals surface area contributed by atoms with Gasteiger partial charge in [0, 0.05) is 35.8 Å². The van der Waals surface area contributed by atoms with E-state index in [0.717, 1.165) is 11.4 Å². The lowest BCUT2D eigenvalue weighted by Gasteiger charge is -2.10. The minimum Gasteiger partial charge on any atom is -0.491 e. The van der Waals surface area contributed by atoms with Gasteiger partial charge in [0.1, 0.15) is 22.7 Å². The van der Waals surface area contributed by atoms with Gasteiger partial charge in [-0.1, -0.05) is 0 Å². The predicted octanol–water partition coefficient (Wildman–Crippen LogP) is 2.96. The molecule has 28 heavy (non-hydrogen) atoms. The summed E-state index contributed by atoms with van der Waals surface area (Å²) < 4.78 is 10.9. The molecule has 3 aromatic rings. The van der Waals surface area contributed by atoms with Gasteiger partial charge in [0.15, 0.2) is 0 Å². The van der Waals surface area contributed by atoms with Crippen LogP contribution in [-0.4, -0.2) is 28.5 Å². The van der Waals surface area contributed by atoms with Gasteiger partial charge in [0.25, 0.3) is 5.91 Å². The summed E-state index contributed by atoms with van der Waals surface area (Å²) in [6.45, 7) is 7.94. The Morgan fingerprint density at radius 3 is 2.54 bits per heavy atom. The van der Waals surface area contributed by atoms with Crippen molar-refractivity contribution in [3.8, 4) is 5.75 Å². The third-order valence-electron chi connectivity index (χ3n) is 3.99. The zero-order valence-electron chi connectivity index (χ0n) is 16.4. The van der Waals surface area contributed by atoms with Crippen molar-refractivity contribution in [3.63, 3.8) is 0 Å². The van der Waals surface area contributed by atoms with Crippen molar-refractivity contribution < 1.29 is 13.9 Å². The molecule has 0 unspecified atom stereocenters. The Bertz CT molecular complexity index is 1050. The molecule has 0 aliphatic heterocycles. The second-order valence-electron chi connectivity index (χ2n) is 6.89. The van der Waals surface area contributed by atoms with E-state index in [-0.39, 0.29) is 11.7 Å². The fourth-order valence-corrected chi connectivity index (χ4v) is 2.89. The minimum atomic E-state index is -0.686. The number of hydrogen-bond donors (Lipinski definition) is 1. The quantitative estimate of drug-likeness (QED) is 0.660. The number of nitrogens with one attached hydrogen (secondary N) is 1. The summed E-state index contributed by atoms with van der Waals surface area (Å²) in [4.78, 5) is 33.3. The van der Waals surface area contributed by atoms with E-state index in [9.17, 15) is 9.59 Å². The smallest absolute Gasteiger partial charge is 0.349 e. The van der Waals surface area contributed by atoms with Crippen LogP contribution in [-0.2, 0) is 6.42 Å². The average molecular weight is 381 g/mol. The molecule has 0 saturated carbocycles. The lowest BCUT2D eigenvalue weighted by Crippen LogP contribution is -2.30. The molecule has 1 amide bonds. The molecular weight excluding hydrogens is 358 g/mol. The van der Waals surface area contributed by atoms with E-state index < -0.39 is 11.5 Å². The summed E-state index contributed by atoms with van der Waals surface area (Å²) in [6, 6.07) is 8.61. The Labute approximate surface area is 162 Å². The fourth-order valence-electron chi connectivity index (χ4n) is 2.89. The van der Waals surface area contributed by atoms with E-state index in [1.807, 2.05) is 33.8 Å². The molecule has 0 fully saturated rings. The van der Waals surface area contributed by atoms with Crippen LogP contribution in [0, 0.1) is 13.8 Å². The maximum absolute atomic E-state index is 12.4. The lowest BCUT2D eigenvalue weighted by atomic mass is 10.1. The van der Waals surface area contributed by atoms with Crippen LogP contribution in [0.2, 0.25) is 0 Å². The molecule has 7 heteroatoms. The largest absolute Gasteiger partial charge is 0.491 e. The van der Waals surface area contributed by atoms with Crippen LogP contribution in [0.1, 0.15) is 41.4 Å². The number of hydrogen-bond acceptors (Lipinski definition) is 6. The van der Waals surface area contributed by atoms with Gasteiger partial charge in [0.05, 0.1) is 6.10 Å². The molecule has 7 nitrogen and oxygen atoms in total. The van der Waals surface area contributed by atoms with Gasteiger partial charge in [-0.15, -0.1) is 0 Å². The molecule has 3 rings (SSSR count). The monoisotopic (exact) mass is 381 g/mol. The number of ether oxygens (including phenoxy) is 1. The summed E-state index contributed by atoms with van der Waals surface area (Å²) in [5, 5.41) is 3.38. The summed E-state index contributed by atoms with van der Waals surface area (Å²) in [7, 11) is 0. The number of aromatic nitrogens is 2. The Hall–Kier alpha value is -3.22. The van der Waals surface area contributed by atoms with Crippen molar-refractivity contribution in [2.45, 2.75) is 40.2 Å². The highest BCUT2D eigenvalue weighted by Crippen LogP contribution is 2.21. The van der Waals surface area contributed by atoms with Crippen LogP contribution < -0.4 is 15.7 Å². The highest BCUT2D eigenvalue weighted by molar-refractivity contribution is 5.96. The third-order valence-corrected chi connectivity index (χ3v) is 3.99. The van der Waals surface area contributed by atoms with Crippen LogP contribution in [0.15, 0.2) is 39.5 Å². The topological polar surface area (TPSA) is 94.3 Å². The summed E-state index contributed by atoms with van der Waals surface area (Å²) in [5.74, 6) is 0.778. The van der Waals surface area contributed by atoms with E-state index in [0.29, 0.717) is 35.5 Å². The van der Waals surface area contributed by atoms with E-state index >= 15 is 0 Å². The van der Waals surface area contributed by atoms with E-state index in [4.69, 9.17) is 9.15 Å². The molecule has 2 heterocycles. The highest BCUT2D eigenvalue weighted by atomic mass is 16.5. The molecule has 0 radical (unpaired) electrons. The van der Waals surface area contributed by atoms with Gasteiger partial charge >= 0.3 is 5.63 Å². The maximum atomic E-state index is 12.4. The van der Waals surface area contributed by atoms with Crippen molar-refractivity contribution in [1.29, 1.82) is 0 Å². The van der Waals surface area contributed by atoms with Gasteiger partial charge in [-0.25, -0.2) is 14.8 Å². The molecule has 0 bridgehead atoms. The number of rotatable bonds is 6. The molecular formula is C21H23N3O4. The number of aryl methyl sites for hydroxylation is 2. The van der Waals surface area contributed by atoms with Crippen LogP contribution >= 0.6 is 0 Å². The summed E-state index contributed by atoms with van der Waals surface area (Å²) >= 11 is 0. The number of carbonyl (C=O) groups excluding carboxylic acids is 1. The van der Waals surface area contributed by atoms with Gasteiger partial charge in [-0.2, -0.15) is 0 Å². The number of carbonyl (C=O) groups is 1. The molecule has 0 spiro atoms. The SMILES string of the molecule is Cc1cc(C)nc(CCNC(=O)c2cc3ccc(OC(C)C)cc3oc2=O)n1. The maximum Gasteiger partial charge on any atom is 0.349 e. The highest BCUT2D eigenvalue weighted by Gasteiger charge is 2.14. The second kappa shape index (κ2) is 8.21. The average Bonchev–Trinajstić information content (AvgIpc) is 2.59. The van der Waals surface area contributed by atoms with Crippen LogP contribution in [0.5, 0.6) is 5.75 Å². The van der Waals surface area contributed by atoms with Crippen molar-refractivity contribution in [3.05, 3.63) is 63.5 Å². The first-order chi connectivity index (χ1) is 13.3. The predicted molar refractivity (Wildman–Crippen MR) is 106 cm³/mol. The normalized spacial score (nSPS) is 11.0. The van der Waals surface area contributed by atoms with E-state index in [2.05, 4.69) is 15.3 Å². The molecule has 2 aromatic heterocycles. The van der Waals surface area contributed by atoms with Crippen LogP contribution in [0.4, 0.5) is 0 Å². The van der Waals surface area contributed by atoms with E-state index in [1.165, 1.54) is 6.07 Å². The van der Waals surface area contributed by atoms with Gasteiger partial charge in [-0.3, -0.25) is 4.79 Å². The second-order valence-corrected chi connectivity index (χ2v) is 6.89. The van der Waals surface area contributed by atoms with Crippen LogP contribution in [0.3, 0.4) is 0 Å². The molecule has 1 N–H and O–H groups in total. The Kier molecular flexibility index (Phi) is 5.73. The zero-order chi connectivity index (χ0) is 20.3. The van der Waals surface area contributed by atoms with Gasteiger partial charge < -0.3 is 14.5 Å². The fraction of sp³-hybridized carbons (Fsp3) is 0.333. The summed E-state index contributed by atoms with van der Waals surface area (Å²) in [6.07, 6.45) is 0.485. The molecule has 1 aromatic carbocycles. The molecule has 0 aliphatic rings. The first-order valence-corrected chi connectivity index (χ1v) is 9.16. The third kappa shape index (κ3) is 4.73. The van der Waals surface area contributed by atoms with Gasteiger partial charge in [-0.05, 0) is 52.0 Å².